The lowest BCUT2D eigenvalue weighted by Crippen LogP contribution is -2.27. The Hall–Kier alpha value is -1.03. The van der Waals surface area contributed by atoms with Crippen molar-refractivity contribution in [2.75, 3.05) is 0 Å². The van der Waals surface area contributed by atoms with Gasteiger partial charge in [-0.2, -0.15) is 0 Å². The van der Waals surface area contributed by atoms with Gasteiger partial charge in [0.25, 0.3) is 0 Å². The standard InChI is InChI=1S/C11H14O/c1-3-7-11(2)8-5-4-6-10(11)9-12/h4,6,9-10H,5,8H2,1-2H3/t10-,11-/m1/s1. The summed E-state index contributed by atoms with van der Waals surface area (Å²) in [6.07, 6.45) is 7.07. The molecule has 0 spiro atoms. The predicted molar refractivity (Wildman–Crippen MR) is 49.5 cm³/mol. The topological polar surface area (TPSA) is 17.1 Å². The Labute approximate surface area is 73.9 Å². The van der Waals surface area contributed by atoms with Gasteiger partial charge in [0.15, 0.2) is 0 Å². The molecule has 0 amide bonds. The predicted octanol–water partition coefficient (Wildman–Crippen LogP) is 2.18. The maximum Gasteiger partial charge on any atom is 0.128 e. The summed E-state index contributed by atoms with van der Waals surface area (Å²) in [6.45, 7) is 3.89. The lowest BCUT2D eigenvalue weighted by molar-refractivity contribution is -0.112. The minimum absolute atomic E-state index is 0.0151. The molecule has 64 valence electrons. The fourth-order valence-electron chi connectivity index (χ4n) is 1.63. The molecule has 2 atom stereocenters. The molecular weight excluding hydrogens is 148 g/mol. The lowest BCUT2D eigenvalue weighted by Gasteiger charge is -2.30. The highest BCUT2D eigenvalue weighted by molar-refractivity contribution is 5.60. The molecule has 12 heavy (non-hydrogen) atoms. The van der Waals surface area contributed by atoms with Crippen LogP contribution in [0.4, 0.5) is 0 Å². The van der Waals surface area contributed by atoms with Crippen molar-refractivity contribution in [3.8, 4) is 11.8 Å². The summed E-state index contributed by atoms with van der Waals surface area (Å²) in [4.78, 5) is 10.7. The molecule has 0 aliphatic heterocycles. The van der Waals surface area contributed by atoms with Crippen LogP contribution in [0.25, 0.3) is 0 Å². The molecule has 1 heteroatoms. The maximum atomic E-state index is 10.7. The second kappa shape index (κ2) is 3.58. The molecule has 0 aromatic rings. The zero-order valence-electron chi connectivity index (χ0n) is 7.63. The van der Waals surface area contributed by atoms with E-state index in [4.69, 9.17) is 0 Å². The average Bonchev–Trinajstić information content (AvgIpc) is 2.05. The van der Waals surface area contributed by atoms with Crippen molar-refractivity contribution in [1.82, 2.24) is 0 Å². The number of hydrogen-bond acceptors (Lipinski definition) is 1. The minimum Gasteiger partial charge on any atom is -0.303 e. The summed E-state index contributed by atoms with van der Waals surface area (Å²) in [5.74, 6) is 6.01. The molecule has 1 aliphatic carbocycles. The highest BCUT2D eigenvalue weighted by Crippen LogP contribution is 2.35. The van der Waals surface area contributed by atoms with Crippen molar-refractivity contribution in [2.24, 2.45) is 11.3 Å². The molecule has 1 aliphatic rings. The summed E-state index contributed by atoms with van der Waals surface area (Å²) in [5, 5.41) is 0. The van der Waals surface area contributed by atoms with Gasteiger partial charge in [0.05, 0.1) is 0 Å². The van der Waals surface area contributed by atoms with Crippen molar-refractivity contribution in [2.45, 2.75) is 26.7 Å². The number of hydrogen-bond donors (Lipinski definition) is 0. The van der Waals surface area contributed by atoms with E-state index >= 15 is 0 Å². The molecule has 0 N–H and O–H groups in total. The molecule has 0 saturated carbocycles. The van der Waals surface area contributed by atoms with Crippen LogP contribution in [-0.4, -0.2) is 6.29 Å². The Morgan fingerprint density at radius 3 is 3.00 bits per heavy atom. The first-order valence-electron chi connectivity index (χ1n) is 4.29. The van der Waals surface area contributed by atoms with Crippen molar-refractivity contribution >= 4 is 6.29 Å². The normalized spacial score (nSPS) is 33.7. The number of carbonyl (C=O) groups is 1. The number of aldehydes is 1. The third-order valence-electron chi connectivity index (χ3n) is 2.47. The third kappa shape index (κ3) is 1.58. The van der Waals surface area contributed by atoms with Crippen LogP contribution in [0.5, 0.6) is 0 Å². The smallest absolute Gasteiger partial charge is 0.128 e. The van der Waals surface area contributed by atoms with Gasteiger partial charge in [0, 0.05) is 11.3 Å². The van der Waals surface area contributed by atoms with Gasteiger partial charge in [0.2, 0.25) is 0 Å². The van der Waals surface area contributed by atoms with Crippen LogP contribution < -0.4 is 0 Å². The fourth-order valence-corrected chi connectivity index (χ4v) is 1.63. The Kier molecular flexibility index (Phi) is 2.70. The van der Waals surface area contributed by atoms with Gasteiger partial charge in [-0.3, -0.25) is 0 Å². The molecule has 0 aromatic carbocycles. The van der Waals surface area contributed by atoms with E-state index < -0.39 is 0 Å². The Balaban J connectivity index is 2.91. The Morgan fingerprint density at radius 1 is 1.67 bits per heavy atom. The summed E-state index contributed by atoms with van der Waals surface area (Å²) in [7, 11) is 0. The minimum atomic E-state index is -0.120. The first-order chi connectivity index (χ1) is 5.73. The molecule has 1 nitrogen and oxygen atoms in total. The molecule has 0 bridgehead atoms. The van der Waals surface area contributed by atoms with Gasteiger partial charge >= 0.3 is 0 Å². The fraction of sp³-hybridized carbons (Fsp3) is 0.545. The van der Waals surface area contributed by atoms with Crippen LogP contribution in [0.2, 0.25) is 0 Å². The van der Waals surface area contributed by atoms with Gasteiger partial charge in [-0.25, -0.2) is 0 Å². The van der Waals surface area contributed by atoms with E-state index in [1.54, 1.807) is 0 Å². The number of allylic oxidation sites excluding steroid dienone is 2. The van der Waals surface area contributed by atoms with Crippen LogP contribution in [-0.2, 0) is 4.79 Å². The SMILES string of the molecule is CC#C[C@]1(C)CCC=C[C@@H]1C=O. The van der Waals surface area contributed by atoms with Crippen molar-refractivity contribution < 1.29 is 4.79 Å². The molecule has 0 aromatic heterocycles. The summed E-state index contributed by atoms with van der Waals surface area (Å²) in [6, 6.07) is 0. The first-order valence-corrected chi connectivity index (χ1v) is 4.29. The van der Waals surface area contributed by atoms with Gasteiger partial charge in [-0.15, -0.1) is 5.92 Å². The van der Waals surface area contributed by atoms with Gasteiger partial charge in [-0.05, 0) is 26.7 Å². The molecule has 0 fully saturated rings. The molecular formula is C11H14O. The highest BCUT2D eigenvalue weighted by Gasteiger charge is 2.31. The van der Waals surface area contributed by atoms with Crippen LogP contribution >= 0.6 is 0 Å². The monoisotopic (exact) mass is 162 g/mol. The molecule has 0 heterocycles. The number of carbonyl (C=O) groups excluding carboxylic acids is 1. The largest absolute Gasteiger partial charge is 0.303 e. The van der Waals surface area contributed by atoms with E-state index in [9.17, 15) is 4.79 Å². The van der Waals surface area contributed by atoms with Crippen LogP contribution in [0.3, 0.4) is 0 Å². The lowest BCUT2D eigenvalue weighted by atomic mass is 9.72. The Bertz CT molecular complexity index is 254. The molecule has 0 saturated heterocycles. The van der Waals surface area contributed by atoms with Gasteiger partial charge in [-0.1, -0.05) is 18.1 Å². The molecule has 0 radical (unpaired) electrons. The Morgan fingerprint density at radius 2 is 2.42 bits per heavy atom. The van der Waals surface area contributed by atoms with E-state index in [2.05, 4.69) is 24.8 Å². The quantitative estimate of drug-likeness (QED) is 0.328. The molecule has 1 rings (SSSR count). The van der Waals surface area contributed by atoms with Crippen molar-refractivity contribution in [3.63, 3.8) is 0 Å². The second-order valence-corrected chi connectivity index (χ2v) is 3.42. The zero-order chi connectivity index (χ0) is 9.03. The summed E-state index contributed by atoms with van der Waals surface area (Å²) < 4.78 is 0. The third-order valence-corrected chi connectivity index (χ3v) is 2.47. The van der Waals surface area contributed by atoms with Crippen LogP contribution in [0.1, 0.15) is 26.7 Å². The van der Waals surface area contributed by atoms with Crippen LogP contribution in [0.15, 0.2) is 12.2 Å². The van der Waals surface area contributed by atoms with Crippen molar-refractivity contribution in [1.29, 1.82) is 0 Å². The van der Waals surface area contributed by atoms with Crippen molar-refractivity contribution in [3.05, 3.63) is 12.2 Å². The van der Waals surface area contributed by atoms with Gasteiger partial charge < -0.3 is 4.79 Å². The van der Waals surface area contributed by atoms with E-state index in [1.165, 1.54) is 0 Å². The van der Waals surface area contributed by atoms with Crippen LogP contribution in [0, 0.1) is 23.2 Å². The zero-order valence-corrected chi connectivity index (χ0v) is 7.63. The van der Waals surface area contributed by atoms with E-state index in [0.29, 0.717) is 0 Å². The highest BCUT2D eigenvalue weighted by atomic mass is 16.1. The summed E-state index contributed by atoms with van der Waals surface area (Å²) in [5.41, 5.74) is -0.120. The second-order valence-electron chi connectivity index (χ2n) is 3.42. The van der Waals surface area contributed by atoms with E-state index in [0.717, 1.165) is 19.1 Å². The van der Waals surface area contributed by atoms with Gasteiger partial charge in [0.1, 0.15) is 6.29 Å². The maximum absolute atomic E-state index is 10.7. The first kappa shape index (κ1) is 9.06. The van der Waals surface area contributed by atoms with E-state index in [1.807, 2.05) is 13.0 Å². The molecule has 0 unspecified atom stereocenters. The van der Waals surface area contributed by atoms with E-state index in [-0.39, 0.29) is 11.3 Å². The average molecular weight is 162 g/mol. The summed E-state index contributed by atoms with van der Waals surface area (Å²) >= 11 is 0. The number of rotatable bonds is 1.